The molecule has 0 atom stereocenters. The Morgan fingerprint density at radius 3 is 2.69 bits per heavy atom. The zero-order valence-corrected chi connectivity index (χ0v) is 15.0. The molecule has 1 aliphatic heterocycles. The number of piperazine rings is 1. The number of nitrogens with zero attached hydrogens (tertiary/aromatic N) is 3. The summed E-state index contributed by atoms with van der Waals surface area (Å²) in [4.78, 5) is 20.7. The molecule has 0 aliphatic carbocycles. The normalized spacial score (nSPS) is 14.9. The molecule has 0 unspecified atom stereocenters. The summed E-state index contributed by atoms with van der Waals surface area (Å²) >= 11 is 0. The number of hydrogen-bond donors (Lipinski definition) is 1. The van der Waals surface area contributed by atoms with E-state index in [1.807, 2.05) is 12.1 Å². The molecule has 7 heteroatoms. The van der Waals surface area contributed by atoms with Gasteiger partial charge in [0.15, 0.2) is 5.69 Å². The second kappa shape index (κ2) is 8.53. The number of carbonyl (C=O) groups excluding carboxylic acids is 1. The summed E-state index contributed by atoms with van der Waals surface area (Å²) in [6.45, 7) is 8.26. The van der Waals surface area contributed by atoms with Crippen molar-refractivity contribution in [2.24, 2.45) is 0 Å². The lowest BCUT2D eigenvalue weighted by Gasteiger charge is -2.35. The average molecular weight is 356 g/mol. The number of amides is 1. The summed E-state index contributed by atoms with van der Waals surface area (Å²) in [6.07, 6.45) is 3.03. The number of hydrogen-bond acceptors (Lipinski definition) is 6. The van der Waals surface area contributed by atoms with Gasteiger partial charge in [0.1, 0.15) is 12.0 Å². The van der Waals surface area contributed by atoms with Gasteiger partial charge in [0.05, 0.1) is 13.7 Å². The zero-order chi connectivity index (χ0) is 18.4. The summed E-state index contributed by atoms with van der Waals surface area (Å²) in [5.41, 5.74) is 1.50. The van der Waals surface area contributed by atoms with Crippen LogP contribution in [-0.2, 0) is 6.54 Å². The van der Waals surface area contributed by atoms with E-state index in [-0.39, 0.29) is 5.91 Å². The summed E-state index contributed by atoms with van der Waals surface area (Å²) in [6, 6.07) is 8.12. The fourth-order valence-electron chi connectivity index (χ4n) is 2.89. The molecule has 3 rings (SSSR count). The minimum Gasteiger partial charge on any atom is -0.497 e. The Balaban J connectivity index is 1.50. The number of benzene rings is 1. The quantitative estimate of drug-likeness (QED) is 0.765. The lowest BCUT2D eigenvalue weighted by Crippen LogP contribution is -2.46. The maximum Gasteiger partial charge on any atom is 0.273 e. The van der Waals surface area contributed by atoms with Gasteiger partial charge in [-0.15, -0.1) is 6.58 Å². The third-order valence-electron chi connectivity index (χ3n) is 4.36. The highest BCUT2D eigenvalue weighted by Crippen LogP contribution is 2.21. The van der Waals surface area contributed by atoms with Gasteiger partial charge in [-0.05, 0) is 24.3 Å². The molecule has 1 aromatic carbocycles. The monoisotopic (exact) mass is 356 g/mol. The molecule has 1 aromatic heterocycles. The van der Waals surface area contributed by atoms with Crippen LogP contribution < -0.4 is 15.0 Å². The Labute approximate surface area is 153 Å². The average Bonchev–Trinajstić information content (AvgIpc) is 3.15. The van der Waals surface area contributed by atoms with Crippen molar-refractivity contribution in [1.82, 2.24) is 15.2 Å². The van der Waals surface area contributed by atoms with Gasteiger partial charge in [-0.2, -0.15) is 0 Å². The van der Waals surface area contributed by atoms with Crippen LogP contribution in [0.4, 0.5) is 5.69 Å². The number of ether oxygens (including phenoxy) is 1. The van der Waals surface area contributed by atoms with Crippen LogP contribution in [0.15, 0.2) is 47.6 Å². The van der Waals surface area contributed by atoms with Crippen molar-refractivity contribution in [2.75, 3.05) is 44.7 Å². The van der Waals surface area contributed by atoms with Gasteiger partial charge in [-0.3, -0.25) is 9.69 Å². The van der Waals surface area contributed by atoms with Crippen LogP contribution in [0, 0.1) is 0 Å². The van der Waals surface area contributed by atoms with E-state index >= 15 is 0 Å². The molecule has 2 aromatic rings. The summed E-state index contributed by atoms with van der Waals surface area (Å²) in [5.74, 6) is 1.18. The smallest absolute Gasteiger partial charge is 0.273 e. The second-order valence-corrected chi connectivity index (χ2v) is 6.09. The first-order valence-corrected chi connectivity index (χ1v) is 8.64. The minimum absolute atomic E-state index is 0.246. The number of aromatic nitrogens is 1. The standard InChI is InChI=1S/C19H24N4O3/c1-3-8-20-19(24)17-14-26-18(21-17)13-22-9-11-23(12-10-22)15-4-6-16(25-2)7-5-15/h3-7,14H,1,8-13H2,2H3,(H,20,24). The van der Waals surface area contributed by atoms with E-state index < -0.39 is 0 Å². The Hall–Kier alpha value is -2.80. The first-order chi connectivity index (χ1) is 12.7. The van der Waals surface area contributed by atoms with Crippen molar-refractivity contribution in [1.29, 1.82) is 0 Å². The molecule has 1 N–H and O–H groups in total. The highest BCUT2D eigenvalue weighted by molar-refractivity contribution is 5.91. The van der Waals surface area contributed by atoms with Crippen LogP contribution in [0.1, 0.15) is 16.4 Å². The van der Waals surface area contributed by atoms with Crippen LogP contribution >= 0.6 is 0 Å². The molecular weight excluding hydrogens is 332 g/mol. The first-order valence-electron chi connectivity index (χ1n) is 8.64. The third kappa shape index (κ3) is 4.43. The van der Waals surface area contributed by atoms with E-state index in [4.69, 9.17) is 9.15 Å². The fourth-order valence-corrected chi connectivity index (χ4v) is 2.89. The largest absolute Gasteiger partial charge is 0.497 e. The van der Waals surface area contributed by atoms with Gasteiger partial charge >= 0.3 is 0 Å². The molecule has 1 amide bonds. The maximum atomic E-state index is 11.8. The van der Waals surface area contributed by atoms with Gasteiger partial charge in [0.25, 0.3) is 5.91 Å². The van der Waals surface area contributed by atoms with E-state index in [1.54, 1.807) is 13.2 Å². The molecule has 0 bridgehead atoms. The van der Waals surface area contributed by atoms with E-state index in [2.05, 4.69) is 38.8 Å². The van der Waals surface area contributed by atoms with E-state index in [1.165, 1.54) is 12.0 Å². The van der Waals surface area contributed by atoms with Crippen molar-refractivity contribution < 1.29 is 13.9 Å². The highest BCUT2D eigenvalue weighted by atomic mass is 16.5. The Kier molecular flexibility index (Phi) is 5.91. The number of rotatable bonds is 7. The van der Waals surface area contributed by atoms with Crippen molar-refractivity contribution in [2.45, 2.75) is 6.54 Å². The Bertz CT molecular complexity index is 733. The molecule has 0 radical (unpaired) electrons. The third-order valence-corrected chi connectivity index (χ3v) is 4.36. The zero-order valence-electron chi connectivity index (χ0n) is 15.0. The van der Waals surface area contributed by atoms with Crippen LogP contribution in [0.5, 0.6) is 5.75 Å². The molecule has 1 fully saturated rings. The van der Waals surface area contributed by atoms with E-state index in [0.717, 1.165) is 31.9 Å². The number of methoxy groups -OCH3 is 1. The molecule has 1 aliphatic rings. The van der Waals surface area contributed by atoms with Gasteiger partial charge in [-0.25, -0.2) is 4.98 Å². The highest BCUT2D eigenvalue weighted by Gasteiger charge is 2.20. The number of nitrogens with one attached hydrogen (secondary N) is 1. The molecule has 7 nitrogen and oxygen atoms in total. The van der Waals surface area contributed by atoms with Crippen molar-refractivity contribution in [3.05, 3.63) is 54.8 Å². The molecule has 26 heavy (non-hydrogen) atoms. The van der Waals surface area contributed by atoms with Gasteiger partial charge < -0.3 is 19.4 Å². The molecule has 0 spiro atoms. The van der Waals surface area contributed by atoms with Crippen LogP contribution in [-0.4, -0.2) is 55.6 Å². The second-order valence-electron chi connectivity index (χ2n) is 6.09. The predicted molar refractivity (Wildman–Crippen MR) is 99.5 cm³/mol. The number of anilines is 1. The van der Waals surface area contributed by atoms with Crippen molar-refractivity contribution in [3.63, 3.8) is 0 Å². The predicted octanol–water partition coefficient (Wildman–Crippen LogP) is 1.92. The SMILES string of the molecule is C=CCNC(=O)c1coc(CN2CCN(c3ccc(OC)cc3)CC2)n1. The van der Waals surface area contributed by atoms with Gasteiger partial charge in [0, 0.05) is 38.4 Å². The Morgan fingerprint density at radius 2 is 2.04 bits per heavy atom. The maximum absolute atomic E-state index is 11.8. The van der Waals surface area contributed by atoms with Crippen LogP contribution in [0.3, 0.4) is 0 Å². The lowest BCUT2D eigenvalue weighted by atomic mass is 10.2. The van der Waals surface area contributed by atoms with Crippen molar-refractivity contribution in [3.8, 4) is 5.75 Å². The molecule has 2 heterocycles. The molecular formula is C19H24N4O3. The van der Waals surface area contributed by atoms with E-state index in [9.17, 15) is 4.79 Å². The number of oxazole rings is 1. The van der Waals surface area contributed by atoms with Gasteiger partial charge in [0.2, 0.25) is 5.89 Å². The van der Waals surface area contributed by atoms with E-state index in [0.29, 0.717) is 24.7 Å². The fraction of sp³-hybridized carbons (Fsp3) is 0.368. The lowest BCUT2D eigenvalue weighted by molar-refractivity contribution is 0.0953. The Morgan fingerprint density at radius 1 is 1.31 bits per heavy atom. The van der Waals surface area contributed by atoms with Crippen molar-refractivity contribution >= 4 is 11.6 Å². The topological polar surface area (TPSA) is 70.8 Å². The number of carbonyl (C=O) groups is 1. The van der Waals surface area contributed by atoms with Crippen LogP contribution in [0.25, 0.3) is 0 Å². The van der Waals surface area contributed by atoms with Gasteiger partial charge in [-0.1, -0.05) is 6.08 Å². The minimum atomic E-state index is -0.246. The molecule has 0 saturated carbocycles. The summed E-state index contributed by atoms with van der Waals surface area (Å²) < 4.78 is 10.6. The molecule has 138 valence electrons. The van der Waals surface area contributed by atoms with Crippen LogP contribution in [0.2, 0.25) is 0 Å². The summed E-state index contributed by atoms with van der Waals surface area (Å²) in [5, 5.41) is 2.69. The summed E-state index contributed by atoms with van der Waals surface area (Å²) in [7, 11) is 1.67. The first kappa shape index (κ1) is 18.0. The molecule has 1 saturated heterocycles.